The summed E-state index contributed by atoms with van der Waals surface area (Å²) in [6.45, 7) is 2.01. The molecule has 1 heterocycles. The highest BCUT2D eigenvalue weighted by Crippen LogP contribution is 2.20. The highest BCUT2D eigenvalue weighted by molar-refractivity contribution is 6.30. The average molecular weight is 235 g/mol. The second-order valence-corrected chi connectivity index (χ2v) is 4.01. The van der Waals surface area contributed by atoms with Crippen LogP contribution in [0.2, 0.25) is 5.02 Å². The first-order valence-corrected chi connectivity index (χ1v) is 5.32. The van der Waals surface area contributed by atoms with Crippen molar-refractivity contribution in [1.82, 2.24) is 9.55 Å². The fourth-order valence-corrected chi connectivity index (χ4v) is 1.76. The number of carbonyl (C=O) groups is 1. The minimum atomic E-state index is 0.0694. The number of carbonyl (C=O) groups excluding carboxylic acids is 1. The van der Waals surface area contributed by atoms with Gasteiger partial charge in [0.2, 0.25) is 0 Å². The molecule has 0 radical (unpaired) electrons. The van der Waals surface area contributed by atoms with Crippen LogP contribution in [-0.4, -0.2) is 15.8 Å². The van der Waals surface area contributed by atoms with Gasteiger partial charge < -0.3 is 4.57 Å². The number of halogens is 1. The Bertz CT molecular complexity index is 490. The molecule has 1 aromatic carbocycles. The molecule has 0 fully saturated rings. The zero-order chi connectivity index (χ0) is 11.5. The third kappa shape index (κ3) is 1.99. The Morgan fingerprint density at radius 3 is 2.69 bits per heavy atom. The van der Waals surface area contributed by atoms with E-state index in [1.165, 1.54) is 0 Å². The molecule has 0 spiro atoms. The molecule has 16 heavy (non-hydrogen) atoms. The smallest absolute Gasteiger partial charge is 0.168 e. The number of hydrogen-bond acceptors (Lipinski definition) is 2. The molecule has 82 valence electrons. The highest BCUT2D eigenvalue weighted by atomic mass is 35.5. The number of aldehydes is 1. The number of imidazole rings is 1. The maximum atomic E-state index is 10.8. The first kappa shape index (κ1) is 10.9. The van der Waals surface area contributed by atoms with Gasteiger partial charge in [-0.15, -0.1) is 0 Å². The van der Waals surface area contributed by atoms with E-state index >= 15 is 0 Å². The van der Waals surface area contributed by atoms with Gasteiger partial charge in [0.05, 0.1) is 18.6 Å². The van der Waals surface area contributed by atoms with Crippen molar-refractivity contribution in [1.29, 1.82) is 0 Å². The first-order chi connectivity index (χ1) is 7.72. The summed E-state index contributed by atoms with van der Waals surface area (Å²) in [5.41, 5.74) is 1.66. The van der Waals surface area contributed by atoms with Crippen molar-refractivity contribution < 1.29 is 4.79 Å². The first-order valence-electron chi connectivity index (χ1n) is 4.95. The molecule has 1 atom stereocenters. The van der Waals surface area contributed by atoms with Gasteiger partial charge in [-0.1, -0.05) is 23.7 Å². The minimum Gasteiger partial charge on any atom is -0.321 e. The maximum Gasteiger partial charge on any atom is 0.168 e. The van der Waals surface area contributed by atoms with E-state index in [4.69, 9.17) is 11.6 Å². The molecule has 0 bridgehead atoms. The van der Waals surface area contributed by atoms with Crippen molar-refractivity contribution >= 4 is 17.9 Å². The van der Waals surface area contributed by atoms with Crippen LogP contribution >= 0.6 is 11.6 Å². The van der Waals surface area contributed by atoms with Crippen molar-refractivity contribution in [2.45, 2.75) is 13.0 Å². The van der Waals surface area contributed by atoms with Gasteiger partial charge >= 0.3 is 0 Å². The monoisotopic (exact) mass is 234 g/mol. The van der Waals surface area contributed by atoms with Crippen LogP contribution in [0.15, 0.2) is 36.8 Å². The summed E-state index contributed by atoms with van der Waals surface area (Å²) < 4.78 is 1.83. The predicted octanol–water partition coefficient (Wildman–Crippen LogP) is 2.96. The Kier molecular flexibility index (Phi) is 3.06. The Morgan fingerprint density at radius 2 is 2.06 bits per heavy atom. The molecule has 2 aromatic rings. The summed E-state index contributed by atoms with van der Waals surface area (Å²) in [4.78, 5) is 14.8. The molecule has 1 unspecified atom stereocenters. The van der Waals surface area contributed by atoms with Crippen molar-refractivity contribution in [3.05, 3.63) is 53.1 Å². The molecule has 4 heteroatoms. The lowest BCUT2D eigenvalue weighted by atomic mass is 10.1. The van der Waals surface area contributed by atoms with Crippen molar-refractivity contribution in [3.8, 4) is 0 Å². The van der Waals surface area contributed by atoms with Crippen LogP contribution in [0.25, 0.3) is 0 Å². The van der Waals surface area contributed by atoms with Crippen molar-refractivity contribution in [3.63, 3.8) is 0 Å². The van der Waals surface area contributed by atoms with E-state index in [-0.39, 0.29) is 6.04 Å². The van der Waals surface area contributed by atoms with E-state index in [1.807, 2.05) is 35.8 Å². The normalized spacial score (nSPS) is 12.4. The molecular formula is C12H11ClN2O. The number of benzene rings is 1. The zero-order valence-corrected chi connectivity index (χ0v) is 9.56. The second kappa shape index (κ2) is 4.49. The number of hydrogen-bond donors (Lipinski definition) is 0. The SMILES string of the molecule is CC(c1ccc(Cl)cc1)n1cncc1C=O. The van der Waals surface area contributed by atoms with E-state index in [2.05, 4.69) is 4.98 Å². The van der Waals surface area contributed by atoms with Crippen LogP contribution in [0.1, 0.15) is 29.0 Å². The quantitative estimate of drug-likeness (QED) is 0.766. The molecule has 0 aliphatic carbocycles. The van der Waals surface area contributed by atoms with E-state index in [0.29, 0.717) is 10.7 Å². The summed E-state index contributed by atoms with van der Waals surface area (Å²) in [7, 11) is 0. The topological polar surface area (TPSA) is 34.9 Å². The van der Waals surface area contributed by atoms with Crippen molar-refractivity contribution in [2.24, 2.45) is 0 Å². The molecule has 0 aliphatic heterocycles. The number of nitrogens with zero attached hydrogens (tertiary/aromatic N) is 2. The van der Waals surface area contributed by atoms with Gasteiger partial charge in [0.1, 0.15) is 5.69 Å². The van der Waals surface area contributed by atoms with E-state index in [1.54, 1.807) is 12.5 Å². The lowest BCUT2D eigenvalue weighted by Crippen LogP contribution is -2.08. The molecule has 0 N–H and O–H groups in total. The second-order valence-electron chi connectivity index (χ2n) is 3.57. The van der Waals surface area contributed by atoms with Crippen LogP contribution < -0.4 is 0 Å². The van der Waals surface area contributed by atoms with Gasteiger partial charge in [0.15, 0.2) is 6.29 Å². The van der Waals surface area contributed by atoms with Gasteiger partial charge in [-0.05, 0) is 24.6 Å². The van der Waals surface area contributed by atoms with Gasteiger partial charge in [-0.2, -0.15) is 0 Å². The maximum absolute atomic E-state index is 10.8. The summed E-state index contributed by atoms with van der Waals surface area (Å²) in [5, 5.41) is 0.706. The molecule has 1 aromatic heterocycles. The molecule has 0 saturated heterocycles. The van der Waals surface area contributed by atoms with Crippen LogP contribution in [0, 0.1) is 0 Å². The third-order valence-electron chi connectivity index (χ3n) is 2.59. The Balaban J connectivity index is 2.35. The Hall–Kier alpha value is -1.61. The van der Waals surface area contributed by atoms with Gasteiger partial charge in [-0.3, -0.25) is 4.79 Å². The highest BCUT2D eigenvalue weighted by Gasteiger charge is 2.10. The number of rotatable bonds is 3. The van der Waals surface area contributed by atoms with Gasteiger partial charge in [0, 0.05) is 5.02 Å². The summed E-state index contributed by atoms with van der Waals surface area (Å²) in [6.07, 6.45) is 4.02. The third-order valence-corrected chi connectivity index (χ3v) is 2.84. The van der Waals surface area contributed by atoms with Crippen LogP contribution in [-0.2, 0) is 0 Å². The lowest BCUT2D eigenvalue weighted by Gasteiger charge is -2.14. The van der Waals surface area contributed by atoms with E-state index in [9.17, 15) is 4.79 Å². The van der Waals surface area contributed by atoms with Gasteiger partial charge in [0.25, 0.3) is 0 Å². The molecular weight excluding hydrogens is 224 g/mol. The minimum absolute atomic E-state index is 0.0694. The summed E-state index contributed by atoms with van der Waals surface area (Å²) in [5.74, 6) is 0. The summed E-state index contributed by atoms with van der Waals surface area (Å²) >= 11 is 5.82. The van der Waals surface area contributed by atoms with Gasteiger partial charge in [-0.25, -0.2) is 4.98 Å². The standard InChI is InChI=1S/C12H11ClN2O/c1-9(10-2-4-11(13)5-3-10)15-8-14-6-12(15)7-16/h2-9H,1H3. The Morgan fingerprint density at radius 1 is 1.38 bits per heavy atom. The van der Waals surface area contributed by atoms with E-state index in [0.717, 1.165) is 11.8 Å². The lowest BCUT2D eigenvalue weighted by molar-refractivity contribution is 0.111. The fourth-order valence-electron chi connectivity index (χ4n) is 1.63. The fraction of sp³-hybridized carbons (Fsp3) is 0.167. The van der Waals surface area contributed by atoms with Crippen LogP contribution in [0.3, 0.4) is 0 Å². The molecule has 3 nitrogen and oxygen atoms in total. The average Bonchev–Trinajstić information content (AvgIpc) is 2.77. The van der Waals surface area contributed by atoms with Crippen LogP contribution in [0.4, 0.5) is 0 Å². The largest absolute Gasteiger partial charge is 0.321 e. The number of aromatic nitrogens is 2. The molecule has 0 aliphatic rings. The molecule has 0 amide bonds. The van der Waals surface area contributed by atoms with Crippen LogP contribution in [0.5, 0.6) is 0 Å². The Labute approximate surface area is 98.7 Å². The molecule has 0 saturated carbocycles. The van der Waals surface area contributed by atoms with Crippen molar-refractivity contribution in [2.75, 3.05) is 0 Å². The summed E-state index contributed by atoms with van der Waals surface area (Å²) in [6, 6.07) is 7.64. The van der Waals surface area contributed by atoms with E-state index < -0.39 is 0 Å². The predicted molar refractivity (Wildman–Crippen MR) is 62.9 cm³/mol. The molecule has 2 rings (SSSR count). The zero-order valence-electron chi connectivity index (χ0n) is 8.80.